The average molecular weight is 391 g/mol. The summed E-state index contributed by atoms with van der Waals surface area (Å²) in [6, 6.07) is 4.07. The first-order valence-electron chi connectivity index (χ1n) is 10.2. The number of hydrogen-bond donors (Lipinski definition) is 1. The number of nitrogens with one attached hydrogen (secondary N) is 1. The number of benzene rings is 1. The summed E-state index contributed by atoms with van der Waals surface area (Å²) >= 11 is 0. The molecule has 0 amide bonds. The molecule has 1 heterocycles. The molecule has 1 saturated carbocycles. The molecule has 2 aliphatic rings. The molecular weight excluding hydrogens is 356 g/mol. The van der Waals surface area contributed by atoms with E-state index in [2.05, 4.69) is 22.0 Å². The summed E-state index contributed by atoms with van der Waals surface area (Å²) in [5.41, 5.74) is 1.16. The van der Waals surface area contributed by atoms with E-state index in [1.807, 2.05) is 12.1 Å². The minimum atomic E-state index is 0.640. The van der Waals surface area contributed by atoms with E-state index in [1.54, 1.807) is 21.3 Å². The predicted octanol–water partition coefficient (Wildman–Crippen LogP) is 2.21. The van der Waals surface area contributed by atoms with E-state index < -0.39 is 0 Å². The number of aliphatic imine (C=N–C) groups is 1. The number of hydrogen-bond acceptors (Lipinski definition) is 5. The van der Waals surface area contributed by atoms with Gasteiger partial charge in [0.25, 0.3) is 0 Å². The zero-order chi connectivity index (χ0) is 19.9. The van der Waals surface area contributed by atoms with E-state index in [4.69, 9.17) is 19.2 Å². The molecule has 7 heteroatoms. The van der Waals surface area contributed by atoms with Gasteiger partial charge >= 0.3 is 0 Å². The van der Waals surface area contributed by atoms with Crippen molar-refractivity contribution in [3.63, 3.8) is 0 Å². The van der Waals surface area contributed by atoms with Gasteiger partial charge < -0.3 is 24.4 Å². The highest BCUT2D eigenvalue weighted by atomic mass is 16.5. The van der Waals surface area contributed by atoms with E-state index in [9.17, 15) is 0 Å². The second-order valence-corrected chi connectivity index (χ2v) is 7.43. The van der Waals surface area contributed by atoms with Crippen molar-refractivity contribution in [1.82, 2.24) is 15.1 Å². The standard InChI is InChI=1S/C21H34N4O3/c1-5-22-21(23-14-16-6-7-16)25-10-8-24(9-11-25)15-17-12-18(26-2)20(28-4)19(13-17)27-3/h12-13,16H,5-11,14-15H2,1-4H3,(H,22,23). The van der Waals surface area contributed by atoms with Crippen molar-refractivity contribution in [1.29, 1.82) is 0 Å². The molecule has 3 rings (SSSR count). The zero-order valence-corrected chi connectivity index (χ0v) is 17.7. The Morgan fingerprint density at radius 3 is 2.18 bits per heavy atom. The van der Waals surface area contributed by atoms with Crippen LogP contribution in [-0.4, -0.2) is 76.4 Å². The molecule has 1 aliphatic carbocycles. The molecule has 1 aromatic rings. The molecule has 0 aromatic heterocycles. The van der Waals surface area contributed by atoms with Crippen LogP contribution in [-0.2, 0) is 6.54 Å². The molecule has 1 aliphatic heterocycles. The zero-order valence-electron chi connectivity index (χ0n) is 17.7. The fourth-order valence-corrected chi connectivity index (χ4v) is 3.54. The minimum absolute atomic E-state index is 0.640. The molecule has 0 atom stereocenters. The largest absolute Gasteiger partial charge is 0.493 e. The van der Waals surface area contributed by atoms with Gasteiger partial charge in [0.1, 0.15) is 0 Å². The third-order valence-corrected chi connectivity index (χ3v) is 5.33. The fourth-order valence-electron chi connectivity index (χ4n) is 3.54. The number of ether oxygens (including phenoxy) is 3. The molecule has 0 bridgehead atoms. The lowest BCUT2D eigenvalue weighted by molar-refractivity contribution is 0.172. The average Bonchev–Trinajstić information content (AvgIpc) is 3.55. The third-order valence-electron chi connectivity index (χ3n) is 5.33. The van der Waals surface area contributed by atoms with Crippen LogP contribution in [0, 0.1) is 5.92 Å². The van der Waals surface area contributed by atoms with Crippen molar-refractivity contribution in [3.8, 4) is 17.2 Å². The van der Waals surface area contributed by atoms with Crippen LogP contribution in [0.5, 0.6) is 17.2 Å². The van der Waals surface area contributed by atoms with Crippen molar-refractivity contribution in [3.05, 3.63) is 17.7 Å². The van der Waals surface area contributed by atoms with Gasteiger partial charge in [0.05, 0.1) is 21.3 Å². The molecular formula is C21H34N4O3. The van der Waals surface area contributed by atoms with Crippen molar-refractivity contribution < 1.29 is 14.2 Å². The summed E-state index contributed by atoms with van der Waals surface area (Å²) in [6.07, 6.45) is 2.68. The fraction of sp³-hybridized carbons (Fsp3) is 0.667. The van der Waals surface area contributed by atoms with Crippen molar-refractivity contribution in [2.45, 2.75) is 26.3 Å². The molecule has 7 nitrogen and oxygen atoms in total. The topological polar surface area (TPSA) is 58.6 Å². The van der Waals surface area contributed by atoms with Gasteiger partial charge in [-0.25, -0.2) is 0 Å². The molecule has 0 unspecified atom stereocenters. The summed E-state index contributed by atoms with van der Waals surface area (Å²) in [6.45, 7) is 8.85. The van der Waals surface area contributed by atoms with Gasteiger partial charge in [-0.1, -0.05) is 0 Å². The first-order valence-corrected chi connectivity index (χ1v) is 10.2. The van der Waals surface area contributed by atoms with Crippen molar-refractivity contribution in [2.24, 2.45) is 10.9 Å². The summed E-state index contributed by atoms with van der Waals surface area (Å²) in [4.78, 5) is 9.69. The van der Waals surface area contributed by atoms with Gasteiger partial charge in [0, 0.05) is 45.8 Å². The predicted molar refractivity (Wildman–Crippen MR) is 112 cm³/mol. The lowest BCUT2D eigenvalue weighted by atomic mass is 10.1. The first kappa shape index (κ1) is 20.6. The van der Waals surface area contributed by atoms with E-state index in [-0.39, 0.29) is 0 Å². The maximum absolute atomic E-state index is 5.48. The molecule has 156 valence electrons. The Hall–Kier alpha value is -2.15. The highest BCUT2D eigenvalue weighted by Crippen LogP contribution is 2.38. The third kappa shape index (κ3) is 5.22. The quantitative estimate of drug-likeness (QED) is 0.543. The first-order chi connectivity index (χ1) is 13.7. The monoisotopic (exact) mass is 390 g/mol. The van der Waals surface area contributed by atoms with E-state index in [1.165, 1.54) is 12.8 Å². The van der Waals surface area contributed by atoms with Gasteiger partial charge in [0.15, 0.2) is 17.5 Å². The van der Waals surface area contributed by atoms with Crippen LogP contribution in [0.25, 0.3) is 0 Å². The second kappa shape index (κ2) is 9.87. The lowest BCUT2D eigenvalue weighted by Crippen LogP contribution is -2.52. The van der Waals surface area contributed by atoms with Crippen LogP contribution < -0.4 is 19.5 Å². The van der Waals surface area contributed by atoms with E-state index in [0.29, 0.717) is 17.2 Å². The van der Waals surface area contributed by atoms with Crippen LogP contribution >= 0.6 is 0 Å². The molecule has 28 heavy (non-hydrogen) atoms. The van der Waals surface area contributed by atoms with Gasteiger partial charge in [0.2, 0.25) is 5.75 Å². The Kier molecular flexibility index (Phi) is 7.25. The van der Waals surface area contributed by atoms with E-state index >= 15 is 0 Å². The lowest BCUT2D eigenvalue weighted by Gasteiger charge is -2.36. The Bertz CT molecular complexity index is 643. The van der Waals surface area contributed by atoms with Gasteiger partial charge in [-0.3, -0.25) is 9.89 Å². The maximum atomic E-state index is 5.48. The molecule has 0 radical (unpaired) electrons. The summed E-state index contributed by atoms with van der Waals surface area (Å²) in [5.74, 6) is 3.94. The maximum Gasteiger partial charge on any atom is 0.203 e. The van der Waals surface area contributed by atoms with E-state index in [0.717, 1.165) is 63.3 Å². The molecule has 2 fully saturated rings. The second-order valence-electron chi connectivity index (χ2n) is 7.43. The van der Waals surface area contributed by atoms with Crippen LogP contribution in [0.3, 0.4) is 0 Å². The molecule has 0 spiro atoms. The normalized spacial score (nSPS) is 18.1. The molecule has 1 N–H and O–H groups in total. The van der Waals surface area contributed by atoms with Crippen molar-refractivity contribution in [2.75, 3.05) is 60.6 Å². The number of nitrogens with zero attached hydrogens (tertiary/aromatic N) is 3. The van der Waals surface area contributed by atoms with Crippen LogP contribution in [0.1, 0.15) is 25.3 Å². The van der Waals surface area contributed by atoms with Gasteiger partial charge in [-0.2, -0.15) is 0 Å². The van der Waals surface area contributed by atoms with Crippen LogP contribution in [0.4, 0.5) is 0 Å². The number of methoxy groups -OCH3 is 3. The SMILES string of the molecule is CCNC(=NCC1CC1)N1CCN(Cc2cc(OC)c(OC)c(OC)c2)CC1. The summed E-state index contributed by atoms with van der Waals surface area (Å²) in [7, 11) is 4.94. The highest BCUT2D eigenvalue weighted by molar-refractivity contribution is 5.80. The highest BCUT2D eigenvalue weighted by Gasteiger charge is 2.24. The minimum Gasteiger partial charge on any atom is -0.493 e. The number of rotatable bonds is 8. The smallest absolute Gasteiger partial charge is 0.203 e. The number of piperazine rings is 1. The van der Waals surface area contributed by atoms with Crippen molar-refractivity contribution >= 4 is 5.96 Å². The summed E-state index contributed by atoms with van der Waals surface area (Å²) < 4.78 is 16.4. The Balaban J connectivity index is 1.59. The number of guanidine groups is 1. The van der Waals surface area contributed by atoms with Crippen LogP contribution in [0.15, 0.2) is 17.1 Å². The molecule has 1 saturated heterocycles. The van der Waals surface area contributed by atoms with Gasteiger partial charge in [-0.15, -0.1) is 0 Å². The Labute approximate surface area is 168 Å². The van der Waals surface area contributed by atoms with Gasteiger partial charge in [-0.05, 0) is 43.4 Å². The van der Waals surface area contributed by atoms with Crippen LogP contribution in [0.2, 0.25) is 0 Å². The molecule has 1 aromatic carbocycles. The Morgan fingerprint density at radius 1 is 1.04 bits per heavy atom. The summed E-state index contributed by atoms with van der Waals surface area (Å²) in [5, 5.41) is 3.45. The Morgan fingerprint density at radius 2 is 1.68 bits per heavy atom.